The average Bonchev–Trinajstić information content (AvgIpc) is 2.60. The second-order valence-corrected chi connectivity index (χ2v) is 5.87. The molecule has 0 aliphatic rings. The number of anilines is 1. The minimum Gasteiger partial charge on any atom is -0.464 e. The van der Waals surface area contributed by atoms with Crippen molar-refractivity contribution in [3.05, 3.63) is 70.5 Å². The van der Waals surface area contributed by atoms with E-state index in [1.807, 2.05) is 48.5 Å². The molecule has 3 aromatic rings. The summed E-state index contributed by atoms with van der Waals surface area (Å²) in [4.78, 5) is 16.3. The summed E-state index contributed by atoms with van der Waals surface area (Å²) in [6.45, 7) is 0.595. The summed E-state index contributed by atoms with van der Waals surface area (Å²) in [5.41, 5.74) is 2.09. The Labute approximate surface area is 142 Å². The molecule has 23 heavy (non-hydrogen) atoms. The zero-order valence-corrected chi connectivity index (χ0v) is 14.1. The highest BCUT2D eigenvalue weighted by Crippen LogP contribution is 2.31. The molecule has 0 amide bonds. The van der Waals surface area contributed by atoms with Gasteiger partial charge in [-0.1, -0.05) is 58.4 Å². The van der Waals surface area contributed by atoms with Crippen molar-refractivity contribution >= 4 is 38.4 Å². The maximum atomic E-state index is 12.0. The first-order chi connectivity index (χ1) is 11.2. The first-order valence-corrected chi connectivity index (χ1v) is 7.93. The summed E-state index contributed by atoms with van der Waals surface area (Å²) in [6, 6.07) is 15.8. The van der Waals surface area contributed by atoms with E-state index in [9.17, 15) is 4.79 Å². The van der Waals surface area contributed by atoms with Crippen molar-refractivity contribution in [2.75, 3.05) is 12.4 Å². The quantitative estimate of drug-likeness (QED) is 0.691. The van der Waals surface area contributed by atoms with E-state index in [-0.39, 0.29) is 5.69 Å². The van der Waals surface area contributed by atoms with E-state index in [4.69, 9.17) is 4.74 Å². The Morgan fingerprint density at radius 2 is 1.91 bits per heavy atom. The fourth-order valence-corrected chi connectivity index (χ4v) is 2.89. The van der Waals surface area contributed by atoms with E-state index >= 15 is 0 Å². The molecular weight excluding hydrogens is 356 g/mol. The van der Waals surface area contributed by atoms with Crippen molar-refractivity contribution in [1.29, 1.82) is 0 Å². The predicted molar refractivity (Wildman–Crippen MR) is 94.6 cm³/mol. The SMILES string of the molecule is COC(=O)c1ncc2c(Br)cccc2c1NCc1ccccc1. The van der Waals surface area contributed by atoms with Gasteiger partial charge in [0, 0.05) is 28.0 Å². The van der Waals surface area contributed by atoms with Crippen LogP contribution in [0.15, 0.2) is 59.2 Å². The smallest absolute Gasteiger partial charge is 0.358 e. The van der Waals surface area contributed by atoms with Crippen LogP contribution < -0.4 is 5.32 Å². The number of halogens is 1. The van der Waals surface area contributed by atoms with Crippen LogP contribution in [0.5, 0.6) is 0 Å². The molecule has 0 spiro atoms. The fourth-order valence-electron chi connectivity index (χ4n) is 2.42. The number of hydrogen-bond acceptors (Lipinski definition) is 4. The summed E-state index contributed by atoms with van der Waals surface area (Å²) < 4.78 is 5.79. The molecule has 4 nitrogen and oxygen atoms in total. The molecular formula is C18H15BrN2O2. The second-order valence-electron chi connectivity index (χ2n) is 5.01. The maximum Gasteiger partial charge on any atom is 0.358 e. The molecule has 1 N–H and O–H groups in total. The number of aromatic nitrogens is 1. The van der Waals surface area contributed by atoms with Crippen LogP contribution in [0.2, 0.25) is 0 Å². The van der Waals surface area contributed by atoms with Gasteiger partial charge < -0.3 is 10.1 Å². The highest BCUT2D eigenvalue weighted by Gasteiger charge is 2.17. The third-order valence-electron chi connectivity index (χ3n) is 3.57. The number of carbonyl (C=O) groups is 1. The molecule has 5 heteroatoms. The Hall–Kier alpha value is -2.40. The van der Waals surface area contributed by atoms with E-state index in [1.54, 1.807) is 6.20 Å². The molecule has 1 aromatic heterocycles. The van der Waals surface area contributed by atoms with E-state index < -0.39 is 5.97 Å². The molecule has 0 atom stereocenters. The number of ether oxygens (including phenoxy) is 1. The van der Waals surface area contributed by atoms with Gasteiger partial charge in [0.15, 0.2) is 5.69 Å². The number of rotatable bonds is 4. The lowest BCUT2D eigenvalue weighted by atomic mass is 10.1. The molecule has 0 aliphatic heterocycles. The van der Waals surface area contributed by atoms with Crippen LogP contribution in [0.25, 0.3) is 10.8 Å². The van der Waals surface area contributed by atoms with Gasteiger partial charge in [-0.05, 0) is 11.6 Å². The summed E-state index contributed by atoms with van der Waals surface area (Å²) in [7, 11) is 1.36. The van der Waals surface area contributed by atoms with E-state index in [1.165, 1.54) is 7.11 Å². The number of hydrogen-bond donors (Lipinski definition) is 1. The van der Waals surface area contributed by atoms with Crippen molar-refractivity contribution in [1.82, 2.24) is 4.98 Å². The van der Waals surface area contributed by atoms with Gasteiger partial charge in [0.2, 0.25) is 0 Å². The van der Waals surface area contributed by atoms with Gasteiger partial charge in [0.25, 0.3) is 0 Å². The zero-order chi connectivity index (χ0) is 16.2. The van der Waals surface area contributed by atoms with Gasteiger partial charge in [-0.25, -0.2) is 9.78 Å². The van der Waals surface area contributed by atoms with Gasteiger partial charge >= 0.3 is 5.97 Å². The third-order valence-corrected chi connectivity index (χ3v) is 4.26. The number of benzene rings is 2. The van der Waals surface area contributed by atoms with Crippen LogP contribution in [0, 0.1) is 0 Å². The van der Waals surface area contributed by atoms with Gasteiger partial charge in [0.05, 0.1) is 12.8 Å². The number of esters is 1. The molecule has 0 unspecified atom stereocenters. The summed E-state index contributed by atoms with van der Waals surface area (Å²) in [5, 5.41) is 5.19. The van der Waals surface area contributed by atoms with E-state index in [0.717, 1.165) is 20.8 Å². The summed E-state index contributed by atoms with van der Waals surface area (Å²) in [5.74, 6) is -0.456. The molecule has 116 valence electrons. The van der Waals surface area contributed by atoms with Gasteiger partial charge in [-0.15, -0.1) is 0 Å². The monoisotopic (exact) mass is 370 g/mol. The van der Waals surface area contributed by atoms with Crippen LogP contribution in [-0.2, 0) is 11.3 Å². The van der Waals surface area contributed by atoms with Crippen molar-refractivity contribution in [3.63, 3.8) is 0 Å². The van der Waals surface area contributed by atoms with E-state index in [0.29, 0.717) is 12.2 Å². The highest BCUT2D eigenvalue weighted by molar-refractivity contribution is 9.10. The number of pyridine rings is 1. The Morgan fingerprint density at radius 1 is 1.13 bits per heavy atom. The molecule has 1 heterocycles. The molecule has 2 aromatic carbocycles. The van der Waals surface area contributed by atoms with Gasteiger partial charge in [0.1, 0.15) is 0 Å². The average molecular weight is 371 g/mol. The minimum atomic E-state index is -0.456. The Bertz CT molecular complexity index is 850. The van der Waals surface area contributed by atoms with Crippen LogP contribution in [0.1, 0.15) is 16.1 Å². The van der Waals surface area contributed by atoms with Crippen LogP contribution in [0.4, 0.5) is 5.69 Å². The normalized spacial score (nSPS) is 10.5. The highest BCUT2D eigenvalue weighted by atomic mass is 79.9. The second kappa shape index (κ2) is 6.79. The lowest BCUT2D eigenvalue weighted by Gasteiger charge is -2.14. The van der Waals surface area contributed by atoms with Crippen LogP contribution in [-0.4, -0.2) is 18.1 Å². The summed E-state index contributed by atoms with van der Waals surface area (Å²) >= 11 is 3.52. The van der Waals surface area contributed by atoms with Crippen LogP contribution in [0.3, 0.4) is 0 Å². The van der Waals surface area contributed by atoms with Gasteiger partial charge in [-0.2, -0.15) is 0 Å². The molecule has 0 saturated carbocycles. The molecule has 0 fully saturated rings. The standard InChI is InChI=1S/C18H15BrN2O2/c1-23-18(22)17-16(20-10-12-6-3-2-4-7-12)13-8-5-9-15(19)14(13)11-21-17/h2-9,11,20H,10H2,1H3. The van der Waals surface area contributed by atoms with Crippen LogP contribution >= 0.6 is 15.9 Å². The first kappa shape index (κ1) is 15.5. The van der Waals surface area contributed by atoms with Crippen molar-refractivity contribution < 1.29 is 9.53 Å². The molecule has 3 rings (SSSR count). The zero-order valence-electron chi connectivity index (χ0n) is 12.5. The lowest BCUT2D eigenvalue weighted by Crippen LogP contribution is -2.11. The van der Waals surface area contributed by atoms with Crippen molar-refractivity contribution in [2.45, 2.75) is 6.54 Å². The Kier molecular flexibility index (Phi) is 4.57. The third kappa shape index (κ3) is 3.19. The van der Waals surface area contributed by atoms with E-state index in [2.05, 4.69) is 26.2 Å². The number of methoxy groups -OCH3 is 1. The largest absolute Gasteiger partial charge is 0.464 e. The Balaban J connectivity index is 2.07. The Morgan fingerprint density at radius 3 is 2.65 bits per heavy atom. The topological polar surface area (TPSA) is 51.2 Å². The lowest BCUT2D eigenvalue weighted by molar-refractivity contribution is 0.0595. The summed E-state index contributed by atoms with van der Waals surface area (Å²) in [6.07, 6.45) is 1.68. The molecule has 0 aliphatic carbocycles. The molecule has 0 bridgehead atoms. The van der Waals surface area contributed by atoms with Gasteiger partial charge in [-0.3, -0.25) is 0 Å². The number of carbonyl (C=O) groups excluding carboxylic acids is 1. The fraction of sp³-hybridized carbons (Fsp3) is 0.111. The number of fused-ring (bicyclic) bond motifs is 1. The number of nitrogens with zero attached hydrogens (tertiary/aromatic N) is 1. The maximum absolute atomic E-state index is 12.0. The first-order valence-electron chi connectivity index (χ1n) is 7.14. The molecule has 0 saturated heterocycles. The van der Waals surface area contributed by atoms with Crippen molar-refractivity contribution in [3.8, 4) is 0 Å². The molecule has 0 radical (unpaired) electrons. The number of nitrogens with one attached hydrogen (secondary N) is 1. The minimum absolute atomic E-state index is 0.286. The predicted octanol–water partition coefficient (Wildman–Crippen LogP) is 4.40. The van der Waals surface area contributed by atoms with Crippen molar-refractivity contribution in [2.24, 2.45) is 0 Å².